The summed E-state index contributed by atoms with van der Waals surface area (Å²) in [6.07, 6.45) is 18.5. The molecule has 4 amide bonds. The van der Waals surface area contributed by atoms with Crippen LogP contribution in [0.15, 0.2) is 48.5 Å². The maximum atomic E-state index is 12.3. The van der Waals surface area contributed by atoms with Crippen LogP contribution in [0.5, 0.6) is 0 Å². The van der Waals surface area contributed by atoms with E-state index in [4.69, 9.17) is 0 Å². The molecule has 0 unspecified atom stereocenters. The number of rotatable bonds is 26. The van der Waals surface area contributed by atoms with E-state index in [0.717, 1.165) is 67.9 Å². The number of carbonyl (C=O) groups is 2. The minimum absolute atomic E-state index is 0.167. The van der Waals surface area contributed by atoms with Crippen LogP contribution in [0.2, 0.25) is 0 Å². The topological polar surface area (TPSA) is 88.7 Å². The summed E-state index contributed by atoms with van der Waals surface area (Å²) in [6.45, 7) is 10.1. The van der Waals surface area contributed by atoms with Crippen LogP contribution in [-0.2, 0) is 6.42 Å². The fourth-order valence-electron chi connectivity index (χ4n) is 5.65. The van der Waals surface area contributed by atoms with Gasteiger partial charge in [-0.05, 0) is 108 Å². The van der Waals surface area contributed by atoms with Gasteiger partial charge in [-0.15, -0.1) is 0 Å². The average molecular weight is 651 g/mol. The number of unbranched alkanes of at least 4 members (excludes halogenated alkanes) is 10. The van der Waals surface area contributed by atoms with Crippen molar-refractivity contribution in [1.82, 2.24) is 20.4 Å². The Hall–Kier alpha value is -3.10. The van der Waals surface area contributed by atoms with Crippen LogP contribution in [0.1, 0.15) is 115 Å². The van der Waals surface area contributed by atoms with Crippen molar-refractivity contribution in [2.45, 2.75) is 110 Å². The SMILES string of the molecule is CCCCCCCCN(C)CCCNC(=O)Nc1ccc(Cc2ccc(NC(=O)NCCCN(C)CCCCCCCC)cc2)cc1. The Bertz CT molecular complexity index is 990. The second kappa shape index (κ2) is 25.9. The molecular formula is C39H66N6O2. The Morgan fingerprint density at radius 2 is 0.830 bits per heavy atom. The molecule has 0 aliphatic heterocycles. The van der Waals surface area contributed by atoms with Crippen LogP contribution in [0, 0.1) is 0 Å². The van der Waals surface area contributed by atoms with Gasteiger partial charge in [0.05, 0.1) is 0 Å². The van der Waals surface area contributed by atoms with Crippen molar-refractivity contribution < 1.29 is 9.59 Å². The number of carbonyl (C=O) groups excluding carboxylic acids is 2. The van der Waals surface area contributed by atoms with Gasteiger partial charge in [0.1, 0.15) is 0 Å². The first kappa shape index (κ1) is 40.1. The van der Waals surface area contributed by atoms with E-state index in [1.807, 2.05) is 48.5 Å². The van der Waals surface area contributed by atoms with E-state index in [0.29, 0.717) is 13.1 Å². The highest BCUT2D eigenvalue weighted by Crippen LogP contribution is 2.16. The minimum Gasteiger partial charge on any atom is -0.338 e. The molecule has 8 nitrogen and oxygen atoms in total. The number of amides is 4. The van der Waals surface area contributed by atoms with Crippen molar-refractivity contribution in [2.75, 3.05) is 64.0 Å². The van der Waals surface area contributed by atoms with Gasteiger partial charge in [0.2, 0.25) is 0 Å². The molecule has 8 heteroatoms. The third-order valence-corrected chi connectivity index (χ3v) is 8.62. The largest absolute Gasteiger partial charge is 0.338 e. The number of nitrogens with zero attached hydrogens (tertiary/aromatic N) is 2. The van der Waals surface area contributed by atoms with Crippen LogP contribution in [0.4, 0.5) is 21.0 Å². The fraction of sp³-hybridized carbons (Fsp3) is 0.641. The Labute approximate surface area is 286 Å². The predicted molar refractivity (Wildman–Crippen MR) is 201 cm³/mol. The van der Waals surface area contributed by atoms with Gasteiger partial charge in [-0.3, -0.25) is 0 Å². The maximum absolute atomic E-state index is 12.3. The molecule has 0 fully saturated rings. The van der Waals surface area contributed by atoms with Crippen LogP contribution in [0.25, 0.3) is 0 Å². The van der Waals surface area contributed by atoms with Gasteiger partial charge in [0.15, 0.2) is 0 Å². The van der Waals surface area contributed by atoms with Crippen LogP contribution in [-0.4, -0.2) is 75.2 Å². The van der Waals surface area contributed by atoms with Gasteiger partial charge >= 0.3 is 12.1 Å². The Balaban J connectivity index is 1.56. The number of benzene rings is 2. The first-order valence-corrected chi connectivity index (χ1v) is 18.5. The van der Waals surface area contributed by atoms with E-state index in [1.54, 1.807) is 0 Å². The number of hydrogen-bond acceptors (Lipinski definition) is 4. The summed E-state index contributed by atoms with van der Waals surface area (Å²) in [4.78, 5) is 29.4. The molecule has 0 aliphatic carbocycles. The minimum atomic E-state index is -0.167. The molecule has 4 N–H and O–H groups in total. The van der Waals surface area contributed by atoms with Crippen molar-refractivity contribution in [3.8, 4) is 0 Å². The molecule has 0 aromatic heterocycles. The zero-order chi connectivity index (χ0) is 34.0. The molecule has 0 radical (unpaired) electrons. The maximum Gasteiger partial charge on any atom is 0.319 e. The fourth-order valence-corrected chi connectivity index (χ4v) is 5.65. The lowest BCUT2D eigenvalue weighted by atomic mass is 10.0. The molecule has 264 valence electrons. The third-order valence-electron chi connectivity index (χ3n) is 8.62. The summed E-state index contributed by atoms with van der Waals surface area (Å²) in [5.74, 6) is 0. The Kier molecular flexibility index (Phi) is 22.1. The highest BCUT2D eigenvalue weighted by Gasteiger charge is 2.06. The molecule has 0 atom stereocenters. The molecule has 0 bridgehead atoms. The summed E-state index contributed by atoms with van der Waals surface area (Å²) >= 11 is 0. The second-order valence-electron chi connectivity index (χ2n) is 13.2. The van der Waals surface area contributed by atoms with E-state index >= 15 is 0 Å². The monoisotopic (exact) mass is 651 g/mol. The molecule has 47 heavy (non-hydrogen) atoms. The Morgan fingerprint density at radius 3 is 1.21 bits per heavy atom. The average Bonchev–Trinajstić information content (AvgIpc) is 3.06. The van der Waals surface area contributed by atoms with Crippen molar-refractivity contribution in [2.24, 2.45) is 0 Å². The smallest absolute Gasteiger partial charge is 0.319 e. The van der Waals surface area contributed by atoms with Crippen molar-refractivity contribution >= 4 is 23.4 Å². The van der Waals surface area contributed by atoms with Gasteiger partial charge < -0.3 is 31.1 Å². The molecule has 0 saturated heterocycles. The van der Waals surface area contributed by atoms with Crippen molar-refractivity contribution in [1.29, 1.82) is 0 Å². The predicted octanol–water partition coefficient (Wildman–Crippen LogP) is 8.89. The molecule has 2 aromatic carbocycles. The van der Waals surface area contributed by atoms with Crippen LogP contribution in [0.3, 0.4) is 0 Å². The molecule has 0 saturated carbocycles. The summed E-state index contributed by atoms with van der Waals surface area (Å²) in [7, 11) is 4.33. The lowest BCUT2D eigenvalue weighted by Crippen LogP contribution is -2.31. The number of hydrogen-bond donors (Lipinski definition) is 4. The van der Waals surface area contributed by atoms with Gasteiger partial charge in [-0.2, -0.15) is 0 Å². The van der Waals surface area contributed by atoms with E-state index in [1.165, 1.54) is 77.0 Å². The lowest BCUT2D eigenvalue weighted by Gasteiger charge is -2.16. The number of urea groups is 2. The highest BCUT2D eigenvalue weighted by molar-refractivity contribution is 5.89. The number of nitrogens with one attached hydrogen (secondary N) is 4. The van der Waals surface area contributed by atoms with Gasteiger partial charge in [-0.25, -0.2) is 9.59 Å². The molecule has 0 heterocycles. The normalized spacial score (nSPS) is 11.2. The summed E-state index contributed by atoms with van der Waals surface area (Å²) < 4.78 is 0. The zero-order valence-electron chi connectivity index (χ0n) is 30.2. The van der Waals surface area contributed by atoms with Crippen LogP contribution < -0.4 is 21.3 Å². The zero-order valence-corrected chi connectivity index (χ0v) is 30.2. The Morgan fingerprint density at radius 1 is 0.489 bits per heavy atom. The molecule has 0 aliphatic rings. The molecular weight excluding hydrogens is 584 g/mol. The van der Waals surface area contributed by atoms with Crippen molar-refractivity contribution in [3.05, 3.63) is 59.7 Å². The summed E-state index contributed by atoms with van der Waals surface area (Å²) in [6, 6.07) is 15.6. The summed E-state index contributed by atoms with van der Waals surface area (Å²) in [5, 5.41) is 11.8. The molecule has 2 rings (SSSR count). The van der Waals surface area contributed by atoms with Crippen LogP contribution >= 0.6 is 0 Å². The van der Waals surface area contributed by atoms with E-state index < -0.39 is 0 Å². The second-order valence-corrected chi connectivity index (χ2v) is 13.2. The first-order chi connectivity index (χ1) is 22.9. The number of anilines is 2. The third kappa shape index (κ3) is 20.7. The van der Waals surface area contributed by atoms with Gasteiger partial charge in [0, 0.05) is 24.5 Å². The van der Waals surface area contributed by atoms with E-state index in [2.05, 4.69) is 59.0 Å². The highest BCUT2D eigenvalue weighted by atomic mass is 16.2. The van der Waals surface area contributed by atoms with Crippen molar-refractivity contribution in [3.63, 3.8) is 0 Å². The van der Waals surface area contributed by atoms with E-state index in [9.17, 15) is 9.59 Å². The standard InChI is InChI=1S/C39H66N6O2/c1-5-7-9-11-13-15-29-44(3)31-17-27-40-38(46)42-36-23-19-34(20-24-36)33-35-21-25-37(26-22-35)43-39(47)41-28-18-32-45(4)30-16-14-12-10-8-6-2/h19-26H,5-18,27-33H2,1-4H3,(H2,40,42,46)(H2,41,43,47). The molecule has 0 spiro atoms. The summed E-state index contributed by atoms with van der Waals surface area (Å²) in [5.41, 5.74) is 3.87. The quantitative estimate of drug-likeness (QED) is 0.0766. The lowest BCUT2D eigenvalue weighted by molar-refractivity contribution is 0.250. The molecule has 2 aromatic rings. The van der Waals surface area contributed by atoms with E-state index in [-0.39, 0.29) is 12.1 Å². The van der Waals surface area contributed by atoms with Gasteiger partial charge in [0.25, 0.3) is 0 Å². The first-order valence-electron chi connectivity index (χ1n) is 18.5. The van der Waals surface area contributed by atoms with Gasteiger partial charge in [-0.1, -0.05) is 102 Å².